The van der Waals surface area contributed by atoms with Gasteiger partial charge in [0.15, 0.2) is 23.0 Å². The number of Topliss-reactive ketones (excluding diaryl/α,β-unsaturated/α-hetero) is 1. The number of ketones is 1. The molecule has 10 heteroatoms. The van der Waals surface area contributed by atoms with E-state index in [9.17, 15) is 19.5 Å². The van der Waals surface area contributed by atoms with Crippen molar-refractivity contribution in [2.45, 2.75) is 78.0 Å². The fourth-order valence-corrected chi connectivity index (χ4v) is 4.11. The number of pyridine rings is 1. The molecule has 44 heavy (non-hydrogen) atoms. The van der Waals surface area contributed by atoms with Crippen LogP contribution in [0.25, 0.3) is 0 Å². The van der Waals surface area contributed by atoms with Crippen LogP contribution in [0, 0.1) is 5.92 Å². The summed E-state index contributed by atoms with van der Waals surface area (Å²) in [5.74, 6) is -1.87. The molecule has 3 aromatic rings. The van der Waals surface area contributed by atoms with Gasteiger partial charge in [-0.3, -0.25) is 14.4 Å². The van der Waals surface area contributed by atoms with Crippen LogP contribution in [0.3, 0.4) is 0 Å². The van der Waals surface area contributed by atoms with E-state index in [1.807, 2.05) is 88.4 Å². The molecule has 9 nitrogen and oxygen atoms in total. The number of halogens is 1. The molecule has 0 spiro atoms. The van der Waals surface area contributed by atoms with Crippen LogP contribution in [0.4, 0.5) is 0 Å². The van der Waals surface area contributed by atoms with Crippen molar-refractivity contribution in [1.82, 2.24) is 4.98 Å². The zero-order valence-electron chi connectivity index (χ0n) is 26.4. The van der Waals surface area contributed by atoms with E-state index in [4.69, 9.17) is 19.9 Å². The Hall–Kier alpha value is -3.95. The Morgan fingerprint density at radius 3 is 1.66 bits per heavy atom. The average Bonchev–Trinajstić information content (AvgIpc) is 3.01. The molecule has 0 radical (unpaired) electrons. The number of carbonyl (C=O) groups excluding carboxylic acids is 3. The Bertz CT molecular complexity index is 1320. The first-order chi connectivity index (χ1) is 20.4. The van der Waals surface area contributed by atoms with Crippen LogP contribution in [0.1, 0.15) is 81.4 Å². The molecule has 6 atom stereocenters. The summed E-state index contributed by atoms with van der Waals surface area (Å²) in [7, 11) is 1.39. The molecule has 240 valence electrons. The lowest BCUT2D eigenvalue weighted by molar-refractivity contribution is -0.153. The molecule has 0 saturated carbocycles. The predicted octanol–water partition coefficient (Wildman–Crippen LogP) is 2.81. The van der Waals surface area contributed by atoms with E-state index in [0.29, 0.717) is 0 Å². The van der Waals surface area contributed by atoms with E-state index in [1.165, 1.54) is 19.4 Å². The number of methoxy groups -OCH3 is 1. The third-order valence-corrected chi connectivity index (χ3v) is 7.30. The van der Waals surface area contributed by atoms with Crippen molar-refractivity contribution in [2.24, 2.45) is 11.7 Å². The zero-order valence-corrected chi connectivity index (χ0v) is 27.2. The number of aromatic hydroxyl groups is 1. The number of nitrogens with two attached hydrogens (primary N) is 1. The average molecular weight is 628 g/mol. The van der Waals surface area contributed by atoms with Crippen LogP contribution in [-0.4, -0.2) is 53.2 Å². The lowest BCUT2D eigenvalue weighted by Gasteiger charge is -2.22. The predicted molar refractivity (Wildman–Crippen MR) is 165 cm³/mol. The summed E-state index contributed by atoms with van der Waals surface area (Å²) in [6.45, 7) is 11.0. The summed E-state index contributed by atoms with van der Waals surface area (Å²) in [6, 6.07) is 20.7. The maximum Gasteiger partial charge on any atom is 0.322 e. The maximum atomic E-state index is 12.4. The van der Waals surface area contributed by atoms with E-state index in [0.717, 1.165) is 11.1 Å². The number of aromatic nitrogens is 1. The van der Waals surface area contributed by atoms with Gasteiger partial charge in [-0.1, -0.05) is 81.4 Å². The Morgan fingerprint density at radius 1 is 0.773 bits per heavy atom. The molecule has 0 aliphatic carbocycles. The second-order valence-corrected chi connectivity index (χ2v) is 10.7. The van der Waals surface area contributed by atoms with Crippen molar-refractivity contribution in [3.05, 3.63) is 89.7 Å². The summed E-state index contributed by atoms with van der Waals surface area (Å²) in [6.07, 6.45) is 0.763. The third kappa shape index (κ3) is 11.3. The van der Waals surface area contributed by atoms with Gasteiger partial charge in [-0.25, -0.2) is 4.98 Å². The number of benzene rings is 2. The number of rotatable bonds is 12. The number of nitrogens with zero attached hydrogens (tertiary/aromatic N) is 1. The van der Waals surface area contributed by atoms with E-state index >= 15 is 0 Å². The topological polar surface area (TPSA) is 138 Å². The summed E-state index contributed by atoms with van der Waals surface area (Å²) >= 11 is 0. The minimum Gasteiger partial charge on any atom is -1.00 e. The smallest absolute Gasteiger partial charge is 0.322 e. The Kier molecular flexibility index (Phi) is 16.1. The van der Waals surface area contributed by atoms with Crippen molar-refractivity contribution in [2.75, 3.05) is 7.11 Å². The van der Waals surface area contributed by atoms with Gasteiger partial charge in [0, 0.05) is 30.5 Å². The number of esters is 2. The molecule has 0 bridgehead atoms. The molecule has 0 unspecified atom stereocenters. The summed E-state index contributed by atoms with van der Waals surface area (Å²) < 4.78 is 15.8. The highest BCUT2D eigenvalue weighted by atomic mass is 35.5. The minimum atomic E-state index is -0.657. The third-order valence-electron chi connectivity index (χ3n) is 7.30. The normalized spacial score (nSPS) is 14.5. The van der Waals surface area contributed by atoms with Crippen LogP contribution in [0.15, 0.2) is 72.9 Å². The summed E-state index contributed by atoms with van der Waals surface area (Å²) in [4.78, 5) is 40.0. The molecule has 0 aliphatic heterocycles. The van der Waals surface area contributed by atoms with Crippen LogP contribution >= 0.6 is 0 Å². The highest BCUT2D eigenvalue weighted by Gasteiger charge is 2.26. The van der Waals surface area contributed by atoms with Crippen LogP contribution in [0.5, 0.6) is 11.5 Å². The molecule has 2 aromatic carbocycles. The molecular weight excluding hydrogens is 584 g/mol. The molecule has 0 amide bonds. The Balaban J connectivity index is 0.000000488. The molecule has 3 rings (SSSR count). The largest absolute Gasteiger partial charge is 1.00 e. The fourth-order valence-electron chi connectivity index (χ4n) is 4.11. The standard InChI is InChI=1S/C21H25NO5.C13H19NO2.ClH/c1-13(12-17(23)19-20(24)18(26-4)10-11-22-19)21(25)27-15(3)14(2)16-8-6-5-7-9-16;1-9(12-7-5-4-6-8-12)11(3)16-13(15)10(2)14;/h5-11,13-15,24H,12H2,1-4H3;4-11H,14H2,1-3H3;1H/p-1/t13-,14-,15+;9-,10+,11+;/m11./s1. The van der Waals surface area contributed by atoms with Gasteiger partial charge in [0.2, 0.25) is 0 Å². The van der Waals surface area contributed by atoms with Crippen molar-refractivity contribution in [3.8, 4) is 11.5 Å². The molecular formula is C34H44ClN2O7-. The van der Waals surface area contributed by atoms with E-state index < -0.39 is 23.7 Å². The molecule has 0 aliphatic rings. The van der Waals surface area contributed by atoms with Crippen molar-refractivity contribution < 1.29 is 46.1 Å². The highest BCUT2D eigenvalue weighted by molar-refractivity contribution is 5.99. The number of hydrogen-bond donors (Lipinski definition) is 2. The first-order valence-electron chi connectivity index (χ1n) is 14.4. The van der Waals surface area contributed by atoms with Gasteiger partial charge >= 0.3 is 11.9 Å². The minimum absolute atomic E-state index is 0. The van der Waals surface area contributed by atoms with Crippen molar-refractivity contribution in [1.29, 1.82) is 0 Å². The van der Waals surface area contributed by atoms with Gasteiger partial charge in [-0.05, 0) is 31.9 Å². The first kappa shape index (κ1) is 38.1. The Labute approximate surface area is 266 Å². The van der Waals surface area contributed by atoms with Gasteiger partial charge < -0.3 is 37.5 Å². The van der Waals surface area contributed by atoms with Crippen molar-refractivity contribution in [3.63, 3.8) is 0 Å². The lowest BCUT2D eigenvalue weighted by Crippen LogP contribution is -3.00. The van der Waals surface area contributed by atoms with E-state index in [2.05, 4.69) is 4.98 Å². The monoisotopic (exact) mass is 627 g/mol. The summed E-state index contributed by atoms with van der Waals surface area (Å²) in [5.41, 5.74) is 7.57. The maximum absolute atomic E-state index is 12.4. The number of carbonyl (C=O) groups is 3. The van der Waals surface area contributed by atoms with E-state index in [1.54, 1.807) is 13.8 Å². The lowest BCUT2D eigenvalue weighted by atomic mass is 9.96. The van der Waals surface area contributed by atoms with Crippen LogP contribution in [-0.2, 0) is 19.1 Å². The SMILES string of the molecule is COc1ccnc(C(=O)C[C@@H](C)C(=O)O[C@@H](C)[C@@H](C)c2ccccc2)c1O.C[C@H](N)C(=O)O[C@@H](C)[C@@H](C)c1ccccc1.[Cl-]. The van der Waals surface area contributed by atoms with Gasteiger partial charge in [-0.15, -0.1) is 0 Å². The molecule has 0 fully saturated rings. The van der Waals surface area contributed by atoms with Crippen molar-refractivity contribution >= 4 is 17.7 Å². The molecule has 0 saturated heterocycles. The highest BCUT2D eigenvalue weighted by Crippen LogP contribution is 2.29. The quantitative estimate of drug-likeness (QED) is 0.229. The van der Waals surface area contributed by atoms with E-state index in [-0.39, 0.29) is 66.0 Å². The van der Waals surface area contributed by atoms with Crippen LogP contribution in [0.2, 0.25) is 0 Å². The molecule has 1 aromatic heterocycles. The fraction of sp³-hybridized carbons (Fsp3) is 0.412. The molecule has 3 N–H and O–H groups in total. The Morgan fingerprint density at radius 2 is 1.23 bits per heavy atom. The zero-order chi connectivity index (χ0) is 32.1. The number of ether oxygens (including phenoxy) is 3. The molecule has 1 heterocycles. The first-order valence-corrected chi connectivity index (χ1v) is 14.4. The van der Waals surface area contributed by atoms with Crippen LogP contribution < -0.4 is 22.9 Å². The second kappa shape index (κ2) is 18.7. The number of hydrogen-bond acceptors (Lipinski definition) is 9. The van der Waals surface area contributed by atoms with Gasteiger partial charge in [0.05, 0.1) is 13.0 Å². The second-order valence-electron chi connectivity index (χ2n) is 10.7. The summed E-state index contributed by atoms with van der Waals surface area (Å²) in [5, 5.41) is 10.0. The van der Waals surface area contributed by atoms with Gasteiger partial charge in [0.25, 0.3) is 0 Å². The van der Waals surface area contributed by atoms with Gasteiger partial charge in [0.1, 0.15) is 18.2 Å². The van der Waals surface area contributed by atoms with Gasteiger partial charge in [-0.2, -0.15) is 0 Å².